The van der Waals surface area contributed by atoms with Crippen molar-refractivity contribution in [2.45, 2.75) is 6.54 Å². The van der Waals surface area contributed by atoms with Gasteiger partial charge >= 0.3 is 11.7 Å². The Labute approximate surface area is 113 Å². The second-order valence-electron chi connectivity index (χ2n) is 3.99. The molecule has 2 heterocycles. The van der Waals surface area contributed by atoms with Crippen LogP contribution >= 0.6 is 0 Å². The number of anilines is 1. The predicted molar refractivity (Wildman–Crippen MR) is 68.4 cm³/mol. The number of nitro groups is 1. The minimum Gasteiger partial charge on any atom is -0.478 e. The Morgan fingerprint density at radius 1 is 1.60 bits per heavy atom. The number of hydrogen-bond donors (Lipinski definition) is 2. The molecule has 0 aromatic carbocycles. The highest BCUT2D eigenvalue weighted by Gasteiger charge is 2.18. The van der Waals surface area contributed by atoms with Crippen molar-refractivity contribution in [3.8, 4) is 0 Å². The second kappa shape index (κ2) is 5.34. The maximum absolute atomic E-state index is 10.8. The van der Waals surface area contributed by atoms with E-state index in [9.17, 15) is 14.9 Å². The van der Waals surface area contributed by atoms with E-state index in [-0.39, 0.29) is 23.6 Å². The largest absolute Gasteiger partial charge is 0.478 e. The van der Waals surface area contributed by atoms with Crippen molar-refractivity contribution in [1.29, 1.82) is 0 Å². The molecular formula is C11H11N5O4. The summed E-state index contributed by atoms with van der Waals surface area (Å²) >= 11 is 0. The minimum absolute atomic E-state index is 0.104. The summed E-state index contributed by atoms with van der Waals surface area (Å²) in [5.74, 6) is -0.947. The van der Waals surface area contributed by atoms with E-state index >= 15 is 0 Å². The van der Waals surface area contributed by atoms with Crippen molar-refractivity contribution in [3.05, 3.63) is 45.9 Å². The first-order valence-corrected chi connectivity index (χ1v) is 5.57. The van der Waals surface area contributed by atoms with E-state index in [0.29, 0.717) is 5.69 Å². The number of carboxylic acid groups (broad SMARTS) is 1. The molecule has 9 heteroatoms. The van der Waals surface area contributed by atoms with E-state index in [1.807, 2.05) is 0 Å². The number of nitrogens with one attached hydrogen (secondary N) is 1. The Morgan fingerprint density at radius 2 is 2.35 bits per heavy atom. The fraction of sp³-hybridized carbons (Fsp3) is 0.182. The lowest BCUT2D eigenvalue weighted by molar-refractivity contribution is -0.384. The van der Waals surface area contributed by atoms with E-state index in [0.717, 1.165) is 0 Å². The summed E-state index contributed by atoms with van der Waals surface area (Å²) in [6.45, 7) is 0.138. The topological polar surface area (TPSA) is 123 Å². The van der Waals surface area contributed by atoms with Gasteiger partial charge in [-0.3, -0.25) is 19.8 Å². The number of pyridine rings is 1. The van der Waals surface area contributed by atoms with Crippen LogP contribution in [0.4, 0.5) is 11.5 Å². The number of aromatic carboxylic acids is 1. The van der Waals surface area contributed by atoms with Gasteiger partial charge in [-0.15, -0.1) is 5.10 Å². The summed E-state index contributed by atoms with van der Waals surface area (Å²) in [5.41, 5.74) is 0.402. The van der Waals surface area contributed by atoms with Crippen LogP contribution in [-0.2, 0) is 13.6 Å². The number of rotatable bonds is 5. The summed E-state index contributed by atoms with van der Waals surface area (Å²) in [4.78, 5) is 25.1. The summed E-state index contributed by atoms with van der Waals surface area (Å²) in [6, 6.07) is 2.76. The van der Waals surface area contributed by atoms with E-state index in [1.54, 1.807) is 7.05 Å². The number of carboxylic acids is 1. The molecule has 0 aliphatic rings. The van der Waals surface area contributed by atoms with Gasteiger partial charge in [-0.2, -0.15) is 0 Å². The Kier molecular flexibility index (Phi) is 3.60. The van der Waals surface area contributed by atoms with Gasteiger partial charge in [-0.1, -0.05) is 0 Å². The molecule has 0 aliphatic carbocycles. The summed E-state index contributed by atoms with van der Waals surface area (Å²) in [5, 5.41) is 26.4. The van der Waals surface area contributed by atoms with Gasteiger partial charge in [0.15, 0.2) is 0 Å². The first kappa shape index (κ1) is 13.5. The molecule has 9 nitrogen and oxygen atoms in total. The van der Waals surface area contributed by atoms with Crippen LogP contribution in [-0.4, -0.2) is 30.8 Å². The zero-order valence-electron chi connectivity index (χ0n) is 10.5. The zero-order valence-corrected chi connectivity index (χ0v) is 10.5. The quantitative estimate of drug-likeness (QED) is 0.618. The van der Waals surface area contributed by atoms with Crippen molar-refractivity contribution in [3.63, 3.8) is 0 Å². The number of hydrogen-bond acceptors (Lipinski definition) is 6. The van der Waals surface area contributed by atoms with Crippen molar-refractivity contribution < 1.29 is 14.8 Å². The summed E-state index contributed by atoms with van der Waals surface area (Å²) in [7, 11) is 1.57. The molecule has 0 aliphatic heterocycles. The standard InChI is InChI=1S/C11H11N5O4/c1-15-6-9(16(19)20)10(14-15)13-5-8-4-7(11(17)18)2-3-12-8/h2-4,6H,5H2,1H3,(H,13,14)(H,17,18). The first-order chi connectivity index (χ1) is 9.47. The Hall–Kier alpha value is -2.97. The number of aryl methyl sites for hydroxylation is 1. The van der Waals surface area contributed by atoms with E-state index < -0.39 is 10.9 Å². The lowest BCUT2D eigenvalue weighted by Gasteiger charge is -2.03. The molecule has 104 valence electrons. The van der Waals surface area contributed by atoms with E-state index in [1.165, 1.54) is 29.2 Å². The third-order valence-corrected chi connectivity index (χ3v) is 2.51. The average Bonchev–Trinajstić information content (AvgIpc) is 2.78. The molecule has 0 radical (unpaired) electrons. The van der Waals surface area contributed by atoms with Gasteiger partial charge in [-0.25, -0.2) is 4.79 Å². The Bertz CT molecular complexity index is 667. The van der Waals surface area contributed by atoms with Crippen LogP contribution in [0.5, 0.6) is 0 Å². The normalized spacial score (nSPS) is 10.2. The van der Waals surface area contributed by atoms with Gasteiger partial charge in [0, 0.05) is 13.2 Å². The molecule has 0 unspecified atom stereocenters. The summed E-state index contributed by atoms with van der Waals surface area (Å²) < 4.78 is 1.32. The molecule has 0 fully saturated rings. The molecule has 2 aromatic rings. The first-order valence-electron chi connectivity index (χ1n) is 5.57. The number of carbonyl (C=O) groups is 1. The van der Waals surface area contributed by atoms with Crippen molar-refractivity contribution in [1.82, 2.24) is 14.8 Å². The third kappa shape index (κ3) is 2.88. The molecule has 0 bridgehead atoms. The van der Waals surface area contributed by atoms with Crippen LogP contribution in [0.1, 0.15) is 16.1 Å². The molecule has 0 spiro atoms. The molecule has 0 saturated carbocycles. The Balaban J connectivity index is 2.15. The van der Waals surface area contributed by atoms with Crippen LogP contribution in [0.3, 0.4) is 0 Å². The highest BCUT2D eigenvalue weighted by atomic mass is 16.6. The lowest BCUT2D eigenvalue weighted by atomic mass is 10.2. The number of aromatic nitrogens is 3. The zero-order chi connectivity index (χ0) is 14.7. The van der Waals surface area contributed by atoms with Crippen LogP contribution in [0.2, 0.25) is 0 Å². The molecular weight excluding hydrogens is 266 g/mol. The third-order valence-electron chi connectivity index (χ3n) is 2.51. The van der Waals surface area contributed by atoms with Crippen LogP contribution in [0.25, 0.3) is 0 Å². The van der Waals surface area contributed by atoms with Gasteiger partial charge in [-0.05, 0) is 12.1 Å². The summed E-state index contributed by atoms with van der Waals surface area (Å²) in [6.07, 6.45) is 2.65. The minimum atomic E-state index is -1.06. The molecule has 0 amide bonds. The van der Waals surface area contributed by atoms with Crippen molar-refractivity contribution >= 4 is 17.5 Å². The average molecular weight is 277 g/mol. The fourth-order valence-corrected chi connectivity index (χ4v) is 1.62. The highest BCUT2D eigenvalue weighted by molar-refractivity contribution is 5.87. The molecule has 2 rings (SSSR count). The van der Waals surface area contributed by atoms with Crippen molar-refractivity contribution in [2.24, 2.45) is 7.05 Å². The second-order valence-corrected chi connectivity index (χ2v) is 3.99. The SMILES string of the molecule is Cn1cc([N+](=O)[O-])c(NCc2cc(C(=O)O)ccn2)n1. The molecule has 2 aromatic heterocycles. The van der Waals surface area contributed by atoms with E-state index in [4.69, 9.17) is 5.11 Å². The van der Waals surface area contributed by atoms with Gasteiger partial charge in [0.05, 0.1) is 22.7 Å². The molecule has 0 atom stereocenters. The number of nitrogens with zero attached hydrogens (tertiary/aromatic N) is 4. The smallest absolute Gasteiger partial charge is 0.335 e. The maximum Gasteiger partial charge on any atom is 0.335 e. The van der Waals surface area contributed by atoms with Crippen LogP contribution < -0.4 is 5.32 Å². The molecule has 20 heavy (non-hydrogen) atoms. The van der Waals surface area contributed by atoms with Crippen molar-refractivity contribution in [2.75, 3.05) is 5.32 Å². The Morgan fingerprint density at radius 3 is 3.00 bits per heavy atom. The molecule has 0 saturated heterocycles. The van der Waals surface area contributed by atoms with Gasteiger partial charge < -0.3 is 10.4 Å². The van der Waals surface area contributed by atoms with Crippen LogP contribution in [0.15, 0.2) is 24.5 Å². The lowest BCUT2D eigenvalue weighted by Crippen LogP contribution is -2.06. The highest BCUT2D eigenvalue weighted by Crippen LogP contribution is 2.21. The fourth-order valence-electron chi connectivity index (χ4n) is 1.62. The monoisotopic (exact) mass is 277 g/mol. The molecule has 2 N–H and O–H groups in total. The van der Waals surface area contributed by atoms with Gasteiger partial charge in [0.2, 0.25) is 5.82 Å². The van der Waals surface area contributed by atoms with E-state index in [2.05, 4.69) is 15.4 Å². The van der Waals surface area contributed by atoms with Crippen LogP contribution in [0, 0.1) is 10.1 Å². The van der Waals surface area contributed by atoms with Gasteiger partial charge in [0.1, 0.15) is 6.20 Å². The predicted octanol–water partition coefficient (Wildman–Crippen LogP) is 1.03. The van der Waals surface area contributed by atoms with Gasteiger partial charge in [0.25, 0.3) is 0 Å². The maximum atomic E-state index is 10.8.